The Kier molecular flexibility index (Phi) is 7.75. The van der Waals surface area contributed by atoms with E-state index in [0.717, 1.165) is 17.8 Å². The van der Waals surface area contributed by atoms with Gasteiger partial charge in [0.15, 0.2) is 0 Å². The molecule has 9 rings (SSSR count). The molecule has 0 bridgehead atoms. The van der Waals surface area contributed by atoms with Gasteiger partial charge in [-0.3, -0.25) is 0 Å². The molecule has 0 amide bonds. The molecule has 1 nitrogen and oxygen atoms in total. The van der Waals surface area contributed by atoms with Crippen molar-refractivity contribution in [1.29, 1.82) is 0 Å². The van der Waals surface area contributed by atoms with E-state index in [9.17, 15) is 0 Å². The molecule has 8 aromatic carbocycles. The molecule has 0 aliphatic heterocycles. The fourth-order valence-electron chi connectivity index (χ4n) is 7.94. The zero-order chi connectivity index (χ0) is 33.4. The summed E-state index contributed by atoms with van der Waals surface area (Å²) in [5, 5.41) is 5.15. The molecule has 50 heavy (non-hydrogen) atoms. The lowest BCUT2D eigenvalue weighted by Crippen LogP contribution is -2.13. The Hall–Kier alpha value is -5.92. The Bertz CT molecular complexity index is 2460. The minimum atomic E-state index is 1.16. The predicted molar refractivity (Wildman–Crippen MR) is 214 cm³/mol. The third-order valence-electron chi connectivity index (χ3n) is 10.6. The molecule has 0 radical (unpaired) electrons. The molecule has 1 aliphatic carbocycles. The Morgan fingerprint density at radius 1 is 0.400 bits per heavy atom. The second-order valence-electron chi connectivity index (χ2n) is 13.7. The van der Waals surface area contributed by atoms with Crippen molar-refractivity contribution in [2.75, 3.05) is 4.90 Å². The van der Waals surface area contributed by atoms with Crippen LogP contribution in [0.4, 0.5) is 17.1 Å². The van der Waals surface area contributed by atoms with Crippen LogP contribution in [0.1, 0.15) is 29.5 Å². The maximum absolute atomic E-state index is 2.46. The van der Waals surface area contributed by atoms with Crippen LogP contribution < -0.4 is 4.90 Å². The fourth-order valence-corrected chi connectivity index (χ4v) is 7.94. The maximum Gasteiger partial charge on any atom is 0.0493 e. The van der Waals surface area contributed by atoms with Gasteiger partial charge in [-0.1, -0.05) is 133 Å². The number of anilines is 3. The molecule has 0 fully saturated rings. The minimum absolute atomic E-state index is 1.16. The lowest BCUT2D eigenvalue weighted by molar-refractivity contribution is 0.685. The zero-order valence-electron chi connectivity index (χ0n) is 28.4. The van der Waals surface area contributed by atoms with E-state index in [4.69, 9.17) is 0 Å². The number of rotatable bonds is 6. The summed E-state index contributed by atoms with van der Waals surface area (Å²) >= 11 is 0. The lowest BCUT2D eigenvalue weighted by Gasteiger charge is -2.29. The number of hydrogen-bond acceptors (Lipinski definition) is 1. The molecule has 0 N–H and O–H groups in total. The van der Waals surface area contributed by atoms with Crippen molar-refractivity contribution < 1.29 is 0 Å². The molecular formula is C49H39N. The van der Waals surface area contributed by atoms with Crippen LogP contribution in [0, 0.1) is 6.92 Å². The fraction of sp³-hybridized carbons (Fsp3) is 0.102. The van der Waals surface area contributed by atoms with Gasteiger partial charge in [0.2, 0.25) is 0 Å². The van der Waals surface area contributed by atoms with Gasteiger partial charge in [-0.15, -0.1) is 0 Å². The molecular weight excluding hydrogens is 603 g/mol. The normalized spacial score (nSPS) is 12.6. The van der Waals surface area contributed by atoms with Crippen LogP contribution >= 0.6 is 0 Å². The van der Waals surface area contributed by atoms with E-state index >= 15 is 0 Å². The highest BCUT2D eigenvalue weighted by molar-refractivity contribution is 6.13. The molecule has 0 heterocycles. The Balaban J connectivity index is 1.11. The summed E-state index contributed by atoms with van der Waals surface area (Å²) in [4.78, 5) is 2.45. The largest absolute Gasteiger partial charge is 0.310 e. The van der Waals surface area contributed by atoms with Crippen LogP contribution in [-0.4, -0.2) is 0 Å². The van der Waals surface area contributed by atoms with Crippen LogP contribution in [0.3, 0.4) is 0 Å². The van der Waals surface area contributed by atoms with E-state index in [1.165, 1.54) is 96.6 Å². The summed E-state index contributed by atoms with van der Waals surface area (Å²) in [6.45, 7) is 2.27. The van der Waals surface area contributed by atoms with E-state index in [1.807, 2.05) is 0 Å². The Morgan fingerprint density at radius 3 is 1.52 bits per heavy atom. The van der Waals surface area contributed by atoms with E-state index in [2.05, 4.69) is 182 Å². The molecule has 0 atom stereocenters. The number of benzene rings is 8. The standard InChI is InChI=1S/C49H39N/c1-34-31-40-13-5-6-14-41(40)33-49(34)50(43-27-23-38(24-28-43)37-21-19-36(20-22-37)35-11-3-2-4-12-35)44-29-25-39(26-30-44)48-32-42-15-7-8-16-45(42)46-17-9-10-18-47(46)48/h2-4,7-12,15-33H,5-6,13-14H2,1H3. The second-order valence-corrected chi connectivity index (χ2v) is 13.7. The topological polar surface area (TPSA) is 3.24 Å². The highest BCUT2D eigenvalue weighted by Gasteiger charge is 2.19. The molecule has 0 aromatic heterocycles. The summed E-state index contributed by atoms with van der Waals surface area (Å²) in [6, 6.07) is 62.6. The van der Waals surface area contributed by atoms with Crippen molar-refractivity contribution in [3.63, 3.8) is 0 Å². The first-order chi connectivity index (χ1) is 24.7. The van der Waals surface area contributed by atoms with Crippen molar-refractivity contribution in [1.82, 2.24) is 0 Å². The molecule has 8 aromatic rings. The van der Waals surface area contributed by atoms with Gasteiger partial charge in [0.1, 0.15) is 0 Å². The quantitative estimate of drug-likeness (QED) is 0.163. The average molecular weight is 642 g/mol. The van der Waals surface area contributed by atoms with Gasteiger partial charge in [-0.05, 0) is 141 Å². The average Bonchev–Trinajstić information content (AvgIpc) is 3.19. The molecule has 0 spiro atoms. The van der Waals surface area contributed by atoms with Gasteiger partial charge in [0, 0.05) is 17.1 Å². The summed E-state index contributed by atoms with van der Waals surface area (Å²) in [6.07, 6.45) is 4.89. The van der Waals surface area contributed by atoms with Crippen molar-refractivity contribution in [2.24, 2.45) is 0 Å². The van der Waals surface area contributed by atoms with E-state index < -0.39 is 0 Å². The number of aryl methyl sites for hydroxylation is 3. The smallest absolute Gasteiger partial charge is 0.0493 e. The highest BCUT2D eigenvalue weighted by Crippen LogP contribution is 2.42. The lowest BCUT2D eigenvalue weighted by atomic mass is 9.89. The Morgan fingerprint density at radius 2 is 0.880 bits per heavy atom. The van der Waals surface area contributed by atoms with Gasteiger partial charge in [-0.2, -0.15) is 0 Å². The van der Waals surface area contributed by atoms with Crippen molar-refractivity contribution >= 4 is 38.6 Å². The van der Waals surface area contributed by atoms with Crippen LogP contribution in [0.5, 0.6) is 0 Å². The summed E-state index contributed by atoms with van der Waals surface area (Å²) in [5.74, 6) is 0. The molecule has 0 unspecified atom stereocenters. The van der Waals surface area contributed by atoms with Crippen LogP contribution in [0.25, 0.3) is 54.9 Å². The summed E-state index contributed by atoms with van der Waals surface area (Å²) < 4.78 is 0. The van der Waals surface area contributed by atoms with E-state index in [-0.39, 0.29) is 0 Å². The maximum atomic E-state index is 2.46. The molecule has 240 valence electrons. The van der Waals surface area contributed by atoms with Gasteiger partial charge in [-0.25, -0.2) is 0 Å². The minimum Gasteiger partial charge on any atom is -0.310 e. The Labute approximate surface area is 295 Å². The SMILES string of the molecule is Cc1cc2c(cc1N(c1ccc(-c3ccc(-c4ccccc4)cc3)cc1)c1ccc(-c3cc4ccccc4c4ccccc34)cc1)CCCC2. The van der Waals surface area contributed by atoms with Crippen molar-refractivity contribution in [3.8, 4) is 33.4 Å². The predicted octanol–water partition coefficient (Wildman–Crippen LogP) is 13.7. The molecule has 0 saturated heterocycles. The third kappa shape index (κ3) is 5.55. The second kappa shape index (κ2) is 12.8. The van der Waals surface area contributed by atoms with Gasteiger partial charge >= 0.3 is 0 Å². The monoisotopic (exact) mass is 641 g/mol. The van der Waals surface area contributed by atoms with E-state index in [1.54, 1.807) is 0 Å². The number of hydrogen-bond donors (Lipinski definition) is 0. The first-order valence-electron chi connectivity index (χ1n) is 17.9. The number of nitrogens with zero attached hydrogens (tertiary/aromatic N) is 1. The van der Waals surface area contributed by atoms with E-state index in [0.29, 0.717) is 0 Å². The van der Waals surface area contributed by atoms with Crippen LogP contribution in [0.2, 0.25) is 0 Å². The zero-order valence-corrected chi connectivity index (χ0v) is 28.4. The summed E-state index contributed by atoms with van der Waals surface area (Å²) in [7, 11) is 0. The number of fused-ring (bicyclic) bond motifs is 4. The van der Waals surface area contributed by atoms with Gasteiger partial charge < -0.3 is 4.90 Å². The molecule has 0 saturated carbocycles. The van der Waals surface area contributed by atoms with Crippen LogP contribution in [0.15, 0.2) is 170 Å². The summed E-state index contributed by atoms with van der Waals surface area (Å²) in [5.41, 5.74) is 15.3. The first kappa shape index (κ1) is 30.2. The van der Waals surface area contributed by atoms with Crippen molar-refractivity contribution in [2.45, 2.75) is 32.6 Å². The van der Waals surface area contributed by atoms with Gasteiger partial charge in [0.05, 0.1) is 0 Å². The first-order valence-corrected chi connectivity index (χ1v) is 17.9. The molecule has 1 aliphatic rings. The van der Waals surface area contributed by atoms with Crippen LogP contribution in [-0.2, 0) is 12.8 Å². The third-order valence-corrected chi connectivity index (χ3v) is 10.6. The van der Waals surface area contributed by atoms with Gasteiger partial charge in [0.25, 0.3) is 0 Å². The molecule has 1 heteroatoms. The highest BCUT2D eigenvalue weighted by atomic mass is 15.1. The van der Waals surface area contributed by atoms with Crippen molar-refractivity contribution in [3.05, 3.63) is 187 Å².